The Morgan fingerprint density at radius 3 is 2.53 bits per heavy atom. The van der Waals surface area contributed by atoms with Crippen LogP contribution in [0.4, 0.5) is 0 Å². The first-order valence-electron chi connectivity index (χ1n) is 12.5. The van der Waals surface area contributed by atoms with Crippen molar-refractivity contribution in [3.63, 3.8) is 0 Å². The zero-order valence-corrected chi connectivity index (χ0v) is 21.6. The second-order valence-corrected chi connectivity index (χ2v) is 9.56. The van der Waals surface area contributed by atoms with Crippen LogP contribution in [0.25, 0.3) is 0 Å². The van der Waals surface area contributed by atoms with E-state index in [1.807, 2.05) is 0 Å². The summed E-state index contributed by atoms with van der Waals surface area (Å²) in [6, 6.07) is 4.31. The first-order valence-corrected chi connectivity index (χ1v) is 12.5. The molecule has 0 amide bonds. The molecule has 1 aliphatic carbocycles. The number of ether oxygens (including phenoxy) is 4. The quantitative estimate of drug-likeness (QED) is 0.175. The maximum atomic E-state index is 12.7. The molecule has 0 spiro atoms. The lowest BCUT2D eigenvalue weighted by molar-refractivity contribution is -0.206. The van der Waals surface area contributed by atoms with E-state index in [9.17, 15) is 35.1 Å². The minimum atomic E-state index is -1.22. The lowest BCUT2D eigenvalue weighted by Gasteiger charge is -2.42. The molecule has 0 saturated heterocycles. The number of methoxy groups -OCH3 is 1. The SMILES string of the molecule is C/C=C1/C(OC2CC(CO)C(C)C(O)C2O)OC=C(C(=O)OC)C1CC(=O)OCCc1ccc(O)c(O)c1. The van der Waals surface area contributed by atoms with Gasteiger partial charge >= 0.3 is 11.9 Å². The van der Waals surface area contributed by atoms with Gasteiger partial charge in [0.1, 0.15) is 6.10 Å². The average Bonchev–Trinajstić information content (AvgIpc) is 2.90. The Hall–Kier alpha value is -3.12. The topological polar surface area (TPSA) is 172 Å². The highest BCUT2D eigenvalue weighted by Gasteiger charge is 2.45. The molecule has 3 rings (SSSR count). The Morgan fingerprint density at radius 2 is 1.89 bits per heavy atom. The normalized spacial score (nSPS) is 30.3. The van der Waals surface area contributed by atoms with Crippen molar-refractivity contribution < 1.29 is 54.1 Å². The molecular weight excluding hydrogens is 500 g/mol. The van der Waals surface area contributed by atoms with Gasteiger partial charge in [-0.2, -0.15) is 0 Å². The molecule has 210 valence electrons. The largest absolute Gasteiger partial charge is 0.504 e. The Morgan fingerprint density at radius 1 is 1.16 bits per heavy atom. The molecule has 7 unspecified atom stereocenters. The molecule has 0 radical (unpaired) electrons. The van der Waals surface area contributed by atoms with Gasteiger partial charge in [0, 0.05) is 24.5 Å². The highest BCUT2D eigenvalue weighted by Crippen LogP contribution is 2.38. The Labute approximate surface area is 220 Å². The summed E-state index contributed by atoms with van der Waals surface area (Å²) >= 11 is 0. The number of phenolic OH excluding ortho intramolecular Hbond substituents is 2. The molecule has 7 atom stereocenters. The van der Waals surface area contributed by atoms with Crippen molar-refractivity contribution in [3.8, 4) is 11.5 Å². The molecule has 1 aromatic carbocycles. The fraction of sp³-hybridized carbons (Fsp3) is 0.556. The number of allylic oxidation sites excluding steroid dienone is 1. The first-order chi connectivity index (χ1) is 18.1. The van der Waals surface area contributed by atoms with E-state index >= 15 is 0 Å². The van der Waals surface area contributed by atoms with Gasteiger partial charge in [-0.15, -0.1) is 0 Å². The second-order valence-electron chi connectivity index (χ2n) is 9.56. The number of carbonyl (C=O) groups excluding carboxylic acids is 2. The van der Waals surface area contributed by atoms with Crippen molar-refractivity contribution in [2.75, 3.05) is 20.3 Å². The third kappa shape index (κ3) is 6.65. The first kappa shape index (κ1) is 29.4. The third-order valence-electron chi connectivity index (χ3n) is 7.27. The number of benzene rings is 1. The lowest BCUT2D eigenvalue weighted by atomic mass is 9.75. The van der Waals surface area contributed by atoms with Gasteiger partial charge in [-0.25, -0.2) is 4.79 Å². The molecule has 1 heterocycles. The van der Waals surface area contributed by atoms with Crippen LogP contribution in [0, 0.1) is 17.8 Å². The summed E-state index contributed by atoms with van der Waals surface area (Å²) < 4.78 is 21.9. The van der Waals surface area contributed by atoms with Crippen LogP contribution in [0.1, 0.15) is 32.3 Å². The van der Waals surface area contributed by atoms with Gasteiger partial charge in [-0.05, 0) is 42.9 Å². The molecule has 0 bridgehead atoms. The molecule has 1 aromatic rings. The van der Waals surface area contributed by atoms with Crippen LogP contribution in [-0.4, -0.2) is 82.4 Å². The van der Waals surface area contributed by atoms with E-state index in [4.69, 9.17) is 18.9 Å². The fourth-order valence-corrected chi connectivity index (χ4v) is 4.85. The number of hydrogen-bond donors (Lipinski definition) is 5. The summed E-state index contributed by atoms with van der Waals surface area (Å²) in [6.07, 6.45) is -1.09. The average molecular weight is 537 g/mol. The maximum Gasteiger partial charge on any atom is 0.337 e. The standard InChI is InChI=1S/C27H36O11/c1-4-17-18(11-23(31)36-8-7-15-5-6-20(29)21(30)9-15)19(26(34)35-3)13-37-27(17)38-22-10-16(12-28)14(2)24(32)25(22)33/h4-6,9,13-14,16,18,22,24-25,27-30,32-33H,7-8,10-12H2,1-3H3/b17-4+. The summed E-state index contributed by atoms with van der Waals surface area (Å²) in [5.74, 6) is -3.24. The van der Waals surface area contributed by atoms with Crippen LogP contribution >= 0.6 is 0 Å². The van der Waals surface area contributed by atoms with E-state index in [0.29, 0.717) is 17.6 Å². The number of esters is 2. The summed E-state index contributed by atoms with van der Waals surface area (Å²) in [4.78, 5) is 25.2. The molecule has 1 saturated carbocycles. The van der Waals surface area contributed by atoms with Crippen molar-refractivity contribution in [2.45, 2.75) is 57.7 Å². The summed E-state index contributed by atoms with van der Waals surface area (Å²) in [5, 5.41) is 49.8. The number of aliphatic hydroxyl groups is 3. The molecular formula is C27H36O11. The third-order valence-corrected chi connectivity index (χ3v) is 7.27. The van der Waals surface area contributed by atoms with Gasteiger partial charge < -0.3 is 44.5 Å². The Bertz CT molecular complexity index is 1050. The molecule has 11 nitrogen and oxygen atoms in total. The van der Waals surface area contributed by atoms with Crippen LogP contribution < -0.4 is 0 Å². The van der Waals surface area contributed by atoms with Crippen LogP contribution in [0.3, 0.4) is 0 Å². The highest BCUT2D eigenvalue weighted by molar-refractivity contribution is 5.90. The zero-order valence-electron chi connectivity index (χ0n) is 21.6. The van der Waals surface area contributed by atoms with E-state index < -0.39 is 42.5 Å². The van der Waals surface area contributed by atoms with E-state index in [1.165, 1.54) is 25.5 Å². The zero-order chi connectivity index (χ0) is 28.0. The molecule has 0 aromatic heterocycles. The fourth-order valence-electron chi connectivity index (χ4n) is 4.85. The van der Waals surface area contributed by atoms with Crippen molar-refractivity contribution >= 4 is 11.9 Å². The monoisotopic (exact) mass is 536 g/mol. The van der Waals surface area contributed by atoms with Crippen LogP contribution in [-0.2, 0) is 35.0 Å². The van der Waals surface area contributed by atoms with E-state index in [0.717, 1.165) is 0 Å². The van der Waals surface area contributed by atoms with Crippen molar-refractivity contribution in [2.24, 2.45) is 17.8 Å². The highest BCUT2D eigenvalue weighted by atomic mass is 16.7. The van der Waals surface area contributed by atoms with Gasteiger partial charge in [-0.3, -0.25) is 4.79 Å². The van der Waals surface area contributed by atoms with Gasteiger partial charge in [-0.1, -0.05) is 19.1 Å². The molecule has 2 aliphatic rings. The van der Waals surface area contributed by atoms with Gasteiger partial charge in [0.05, 0.1) is 44.2 Å². The molecule has 1 aliphatic heterocycles. The number of aliphatic hydroxyl groups excluding tert-OH is 3. The predicted molar refractivity (Wildman–Crippen MR) is 133 cm³/mol. The van der Waals surface area contributed by atoms with Crippen molar-refractivity contribution in [1.29, 1.82) is 0 Å². The number of hydrogen-bond acceptors (Lipinski definition) is 11. The number of aromatic hydroxyl groups is 2. The number of phenols is 2. The summed E-state index contributed by atoms with van der Waals surface area (Å²) in [6.45, 7) is 3.26. The van der Waals surface area contributed by atoms with Crippen molar-refractivity contribution in [3.05, 3.63) is 47.2 Å². The summed E-state index contributed by atoms with van der Waals surface area (Å²) in [5.41, 5.74) is 1.18. The molecule has 5 N–H and O–H groups in total. The van der Waals surface area contributed by atoms with Crippen LogP contribution in [0.2, 0.25) is 0 Å². The lowest BCUT2D eigenvalue weighted by Crippen LogP contribution is -2.52. The van der Waals surface area contributed by atoms with Gasteiger partial charge in [0.15, 0.2) is 11.5 Å². The van der Waals surface area contributed by atoms with Gasteiger partial charge in [0.2, 0.25) is 6.29 Å². The number of carbonyl (C=O) groups is 2. The predicted octanol–water partition coefficient (Wildman–Crippen LogP) is 1.30. The Balaban J connectivity index is 1.71. The number of rotatable bonds is 9. The molecule has 11 heteroatoms. The molecule has 1 fully saturated rings. The van der Waals surface area contributed by atoms with E-state index in [1.54, 1.807) is 26.0 Å². The van der Waals surface area contributed by atoms with E-state index in [2.05, 4.69) is 0 Å². The van der Waals surface area contributed by atoms with Crippen molar-refractivity contribution in [1.82, 2.24) is 0 Å². The second kappa shape index (κ2) is 13.1. The summed E-state index contributed by atoms with van der Waals surface area (Å²) in [7, 11) is 1.21. The minimum absolute atomic E-state index is 0.00152. The minimum Gasteiger partial charge on any atom is -0.504 e. The van der Waals surface area contributed by atoms with E-state index in [-0.39, 0.29) is 55.0 Å². The Kier molecular flexibility index (Phi) is 10.1. The van der Waals surface area contributed by atoms with Crippen LogP contribution in [0.15, 0.2) is 41.7 Å². The maximum absolute atomic E-state index is 12.7. The van der Waals surface area contributed by atoms with Crippen LogP contribution in [0.5, 0.6) is 11.5 Å². The van der Waals surface area contributed by atoms with Gasteiger partial charge in [0.25, 0.3) is 0 Å². The molecule has 38 heavy (non-hydrogen) atoms. The smallest absolute Gasteiger partial charge is 0.337 e.